The molecule has 1 aromatic carbocycles. The topological polar surface area (TPSA) is 51.3 Å². The Morgan fingerprint density at radius 1 is 1.21 bits per heavy atom. The summed E-state index contributed by atoms with van der Waals surface area (Å²) in [4.78, 5) is 20.3. The number of oxazole rings is 1. The van der Waals surface area contributed by atoms with E-state index in [4.69, 9.17) is 21.0 Å². The molecule has 0 radical (unpaired) electrons. The van der Waals surface area contributed by atoms with Crippen molar-refractivity contribution in [2.45, 2.75) is 25.7 Å². The Bertz CT molecular complexity index is 1250. The van der Waals surface area contributed by atoms with E-state index in [2.05, 4.69) is 17.9 Å². The van der Waals surface area contributed by atoms with Gasteiger partial charge in [-0.25, -0.2) is 4.98 Å². The Morgan fingerprint density at radius 2 is 2.00 bits per heavy atom. The van der Waals surface area contributed by atoms with Crippen LogP contribution < -0.4 is 10.5 Å². The van der Waals surface area contributed by atoms with Crippen molar-refractivity contribution in [1.29, 1.82) is 0 Å². The van der Waals surface area contributed by atoms with E-state index in [-0.39, 0.29) is 5.56 Å². The standard InChI is InChI=1S/C21H20ClN3O2S/c1-12-3-4-17-15(9-12)23-20(27-17)13-5-7-25(8-6-13)16-11-19(26)24(2)21-14(16)10-18(22)28-21/h3-4,9-11,13H,5-8H2,1-2H3. The lowest BCUT2D eigenvalue weighted by Gasteiger charge is -2.32. The zero-order valence-corrected chi connectivity index (χ0v) is 17.3. The van der Waals surface area contributed by atoms with Gasteiger partial charge in [0.2, 0.25) is 0 Å². The van der Waals surface area contributed by atoms with Gasteiger partial charge in [-0.3, -0.25) is 4.79 Å². The highest BCUT2D eigenvalue weighted by molar-refractivity contribution is 7.22. The summed E-state index contributed by atoms with van der Waals surface area (Å²) in [5.74, 6) is 1.13. The lowest BCUT2D eigenvalue weighted by molar-refractivity contribution is 0.407. The van der Waals surface area contributed by atoms with Crippen LogP contribution in [-0.4, -0.2) is 22.6 Å². The molecule has 5 rings (SSSR count). The van der Waals surface area contributed by atoms with Gasteiger partial charge in [0.05, 0.1) is 10.0 Å². The molecule has 0 bridgehead atoms. The first-order chi connectivity index (χ1) is 13.5. The summed E-state index contributed by atoms with van der Waals surface area (Å²) >= 11 is 7.68. The van der Waals surface area contributed by atoms with Crippen LogP contribution in [0.5, 0.6) is 0 Å². The molecular weight excluding hydrogens is 394 g/mol. The molecular formula is C21H20ClN3O2S. The van der Waals surface area contributed by atoms with Gasteiger partial charge in [0.1, 0.15) is 10.3 Å². The number of aromatic nitrogens is 2. The number of fused-ring (bicyclic) bond motifs is 2. The zero-order chi connectivity index (χ0) is 19.4. The van der Waals surface area contributed by atoms with Crippen LogP contribution in [0.3, 0.4) is 0 Å². The number of benzene rings is 1. The highest BCUT2D eigenvalue weighted by Crippen LogP contribution is 2.37. The average Bonchev–Trinajstić information content (AvgIpc) is 3.28. The monoisotopic (exact) mass is 413 g/mol. The predicted octanol–water partition coefficient (Wildman–Crippen LogP) is 5.09. The van der Waals surface area contributed by atoms with Crippen molar-refractivity contribution in [3.05, 3.63) is 56.5 Å². The maximum Gasteiger partial charge on any atom is 0.253 e. The Morgan fingerprint density at radius 3 is 2.79 bits per heavy atom. The summed E-state index contributed by atoms with van der Waals surface area (Å²) in [6, 6.07) is 9.80. The maximum absolute atomic E-state index is 12.4. The number of nitrogens with zero attached hydrogens (tertiary/aromatic N) is 3. The maximum atomic E-state index is 12.4. The summed E-state index contributed by atoms with van der Waals surface area (Å²) in [6.45, 7) is 3.78. The minimum atomic E-state index is -0.00235. The van der Waals surface area contributed by atoms with Crippen LogP contribution in [0.15, 0.2) is 39.5 Å². The molecule has 4 aromatic rings. The van der Waals surface area contributed by atoms with Gasteiger partial charge < -0.3 is 13.9 Å². The second kappa shape index (κ2) is 6.64. The van der Waals surface area contributed by atoms with Crippen molar-refractivity contribution in [3.8, 4) is 0 Å². The highest BCUT2D eigenvalue weighted by Gasteiger charge is 2.26. The fourth-order valence-corrected chi connectivity index (χ4v) is 5.23. The first kappa shape index (κ1) is 17.8. The SMILES string of the molecule is Cc1ccc2oc(C3CCN(c4cc(=O)n(C)c5sc(Cl)cc45)CC3)nc2c1. The second-order valence-electron chi connectivity index (χ2n) is 7.48. The van der Waals surface area contributed by atoms with E-state index in [9.17, 15) is 4.79 Å². The average molecular weight is 414 g/mol. The molecule has 28 heavy (non-hydrogen) atoms. The first-order valence-electron chi connectivity index (χ1n) is 9.41. The van der Waals surface area contributed by atoms with Crippen LogP contribution in [-0.2, 0) is 7.05 Å². The van der Waals surface area contributed by atoms with E-state index >= 15 is 0 Å². The molecule has 144 valence electrons. The number of hydrogen-bond acceptors (Lipinski definition) is 5. The molecule has 1 fully saturated rings. The van der Waals surface area contributed by atoms with Gasteiger partial charge in [-0.15, -0.1) is 11.3 Å². The van der Waals surface area contributed by atoms with E-state index in [0.29, 0.717) is 10.3 Å². The molecule has 1 aliphatic heterocycles. The van der Waals surface area contributed by atoms with Crippen LogP contribution >= 0.6 is 22.9 Å². The van der Waals surface area contributed by atoms with E-state index in [1.165, 1.54) is 16.9 Å². The summed E-state index contributed by atoms with van der Waals surface area (Å²) in [5, 5.41) is 1.05. The van der Waals surface area contributed by atoms with Crippen molar-refractivity contribution in [1.82, 2.24) is 9.55 Å². The minimum absolute atomic E-state index is 0.00235. The molecule has 0 N–H and O–H groups in total. The molecule has 0 unspecified atom stereocenters. The van der Waals surface area contributed by atoms with Crippen molar-refractivity contribution in [2.75, 3.05) is 18.0 Å². The summed E-state index contributed by atoms with van der Waals surface area (Å²) in [7, 11) is 1.79. The van der Waals surface area contributed by atoms with E-state index in [1.807, 2.05) is 18.2 Å². The molecule has 0 amide bonds. The molecule has 3 aromatic heterocycles. The molecule has 0 saturated carbocycles. The van der Waals surface area contributed by atoms with E-state index < -0.39 is 0 Å². The number of hydrogen-bond donors (Lipinski definition) is 0. The van der Waals surface area contributed by atoms with Crippen molar-refractivity contribution >= 4 is 49.9 Å². The summed E-state index contributed by atoms with van der Waals surface area (Å²) in [5.41, 5.74) is 3.94. The normalized spacial score (nSPS) is 15.8. The fraction of sp³-hybridized carbons (Fsp3) is 0.333. The van der Waals surface area contributed by atoms with Crippen LogP contribution in [0.2, 0.25) is 4.34 Å². The van der Waals surface area contributed by atoms with Gasteiger partial charge in [-0.1, -0.05) is 17.7 Å². The molecule has 5 nitrogen and oxygen atoms in total. The highest BCUT2D eigenvalue weighted by atomic mass is 35.5. The van der Waals surface area contributed by atoms with Gasteiger partial charge in [0.15, 0.2) is 11.5 Å². The van der Waals surface area contributed by atoms with Crippen LogP contribution in [0.4, 0.5) is 5.69 Å². The van der Waals surface area contributed by atoms with Gasteiger partial charge in [-0.05, 0) is 43.5 Å². The number of aryl methyl sites for hydroxylation is 2. The molecule has 0 aliphatic carbocycles. The first-order valence-corrected chi connectivity index (χ1v) is 10.6. The smallest absolute Gasteiger partial charge is 0.253 e. The third kappa shape index (κ3) is 2.91. The molecule has 4 heterocycles. The Hall–Kier alpha value is -2.31. The van der Waals surface area contributed by atoms with Crippen molar-refractivity contribution < 1.29 is 4.42 Å². The van der Waals surface area contributed by atoms with Crippen molar-refractivity contribution in [2.24, 2.45) is 7.05 Å². The van der Waals surface area contributed by atoms with E-state index in [0.717, 1.165) is 58.8 Å². The number of piperidine rings is 1. The van der Waals surface area contributed by atoms with Gasteiger partial charge in [-0.2, -0.15) is 0 Å². The molecule has 0 atom stereocenters. The number of anilines is 1. The Labute approximate surface area is 171 Å². The quantitative estimate of drug-likeness (QED) is 0.459. The van der Waals surface area contributed by atoms with Gasteiger partial charge >= 0.3 is 0 Å². The minimum Gasteiger partial charge on any atom is -0.440 e. The second-order valence-corrected chi connectivity index (χ2v) is 9.14. The Kier molecular flexibility index (Phi) is 4.21. The largest absolute Gasteiger partial charge is 0.440 e. The number of thiophene rings is 1. The number of rotatable bonds is 2. The summed E-state index contributed by atoms with van der Waals surface area (Å²) < 4.78 is 8.39. The molecule has 7 heteroatoms. The zero-order valence-electron chi connectivity index (χ0n) is 15.7. The lowest BCUT2D eigenvalue weighted by Crippen LogP contribution is -2.34. The van der Waals surface area contributed by atoms with Crippen LogP contribution in [0.25, 0.3) is 21.3 Å². The Balaban J connectivity index is 1.42. The number of halogens is 1. The summed E-state index contributed by atoms with van der Waals surface area (Å²) in [6.07, 6.45) is 1.89. The predicted molar refractivity (Wildman–Crippen MR) is 115 cm³/mol. The van der Waals surface area contributed by atoms with Gasteiger partial charge in [0.25, 0.3) is 5.56 Å². The van der Waals surface area contributed by atoms with E-state index in [1.54, 1.807) is 17.7 Å². The third-order valence-corrected chi connectivity index (χ3v) is 6.94. The van der Waals surface area contributed by atoms with Crippen molar-refractivity contribution in [3.63, 3.8) is 0 Å². The van der Waals surface area contributed by atoms with Gasteiger partial charge in [0, 0.05) is 37.5 Å². The van der Waals surface area contributed by atoms with Crippen LogP contribution in [0, 0.1) is 6.92 Å². The third-order valence-electron chi connectivity index (χ3n) is 5.60. The molecule has 0 spiro atoms. The molecule has 1 aliphatic rings. The lowest BCUT2D eigenvalue weighted by atomic mass is 9.96. The molecule has 1 saturated heterocycles. The number of pyridine rings is 1. The fourth-order valence-electron chi connectivity index (χ4n) is 4.04. The van der Waals surface area contributed by atoms with Crippen LogP contribution in [0.1, 0.15) is 30.2 Å².